The van der Waals surface area contributed by atoms with Crippen molar-refractivity contribution >= 4 is 37.7 Å². The minimum Gasteiger partial charge on any atom is -0.739 e. The number of hydrogen-bond donors (Lipinski definition) is 0. The molecule has 9 heteroatoms. The third kappa shape index (κ3) is 8.01. The molecule has 0 spiro atoms. The van der Waals surface area contributed by atoms with E-state index in [0.717, 1.165) is 51.4 Å². The summed E-state index contributed by atoms with van der Waals surface area (Å²) in [5.41, 5.74) is 0. The van der Waals surface area contributed by atoms with Gasteiger partial charge in [0.25, 0.3) is 0 Å². The van der Waals surface area contributed by atoms with E-state index >= 15 is 0 Å². The van der Waals surface area contributed by atoms with Crippen LogP contribution >= 0.6 is 0 Å². The number of hydrogen-bond acceptors (Lipinski definition) is 6. The van der Waals surface area contributed by atoms with E-state index in [-0.39, 0.29) is 49.8 Å². The largest absolute Gasteiger partial charge is 2.00 e. The minimum absolute atomic E-state index is 0. The van der Waals surface area contributed by atoms with Gasteiger partial charge in [-0.1, -0.05) is 22.6 Å². The second kappa shape index (κ2) is 12.2. The summed E-state index contributed by atoms with van der Waals surface area (Å²) in [6.45, 7) is 0. The van der Waals surface area contributed by atoms with Crippen LogP contribution in [0.3, 0.4) is 0 Å². The zero-order chi connectivity index (χ0) is 14.8. The van der Waals surface area contributed by atoms with Crippen LogP contribution in [0.1, 0.15) is 64.2 Å². The molecule has 2 fully saturated rings. The second-order valence-electron chi connectivity index (χ2n) is 5.35. The van der Waals surface area contributed by atoms with Crippen molar-refractivity contribution in [3.05, 3.63) is 20.8 Å². The van der Waals surface area contributed by atoms with Crippen LogP contribution in [0.4, 0.5) is 0 Å². The Hall–Kier alpha value is -0.340. The Labute approximate surface area is 154 Å². The molecule has 0 aromatic heterocycles. The molecular formula is C12H22CaN4O4. The van der Waals surface area contributed by atoms with Crippen molar-refractivity contribution in [2.75, 3.05) is 0 Å². The molecule has 8 nitrogen and oxygen atoms in total. The number of nitrogens with zero attached hydrogens (tertiary/aromatic N) is 4. The van der Waals surface area contributed by atoms with Crippen molar-refractivity contribution in [3.63, 3.8) is 0 Å². The zero-order valence-corrected chi connectivity index (χ0v) is 14.6. The van der Waals surface area contributed by atoms with Crippen LogP contribution in [-0.4, -0.2) is 59.5 Å². The number of hydroxylamine groups is 2. The molecule has 21 heavy (non-hydrogen) atoms. The summed E-state index contributed by atoms with van der Waals surface area (Å²) in [6, 6.07) is -0.266. The van der Waals surface area contributed by atoms with Crippen LogP contribution in [0.25, 0.3) is 0 Å². The van der Waals surface area contributed by atoms with Crippen LogP contribution < -0.4 is 0 Å². The van der Waals surface area contributed by atoms with Crippen molar-refractivity contribution in [1.29, 1.82) is 0 Å². The van der Waals surface area contributed by atoms with Crippen molar-refractivity contribution in [2.24, 2.45) is 10.6 Å². The molecule has 0 atom stereocenters. The maximum Gasteiger partial charge on any atom is 2.00 e. The molecule has 0 radical (unpaired) electrons. The van der Waals surface area contributed by atoms with Crippen molar-refractivity contribution in [2.45, 2.75) is 76.3 Å². The number of rotatable bonds is 2. The van der Waals surface area contributed by atoms with E-state index in [4.69, 9.17) is 0 Å². The summed E-state index contributed by atoms with van der Waals surface area (Å²) in [5, 5.41) is 45.4. The molecule has 0 heterocycles. The van der Waals surface area contributed by atoms with E-state index < -0.39 is 0 Å². The van der Waals surface area contributed by atoms with Gasteiger partial charge in [0, 0.05) is 25.7 Å². The molecule has 0 unspecified atom stereocenters. The van der Waals surface area contributed by atoms with Crippen LogP contribution in [0.15, 0.2) is 10.6 Å². The molecule has 2 aliphatic rings. The predicted molar refractivity (Wildman–Crippen MR) is 78.3 cm³/mol. The van der Waals surface area contributed by atoms with Crippen LogP contribution in [0.5, 0.6) is 0 Å². The van der Waals surface area contributed by atoms with Crippen molar-refractivity contribution in [3.8, 4) is 0 Å². The van der Waals surface area contributed by atoms with E-state index in [0.29, 0.717) is 9.72 Å². The molecular weight excluding hydrogens is 304 g/mol. The van der Waals surface area contributed by atoms with Gasteiger partial charge >= 0.3 is 37.7 Å². The molecule has 0 aliphatic heterocycles. The summed E-state index contributed by atoms with van der Waals surface area (Å²) in [6.07, 6.45) is 9.90. The van der Waals surface area contributed by atoms with E-state index in [2.05, 4.69) is 10.6 Å². The second-order valence-corrected chi connectivity index (χ2v) is 5.35. The average Bonchev–Trinajstić information content (AvgIpc) is 2.55. The fraction of sp³-hybridized carbons (Fsp3) is 1.00. The predicted octanol–water partition coefficient (Wildman–Crippen LogP) is 3.18. The molecule has 0 bridgehead atoms. The van der Waals surface area contributed by atoms with Gasteiger partial charge < -0.3 is 20.8 Å². The van der Waals surface area contributed by atoms with Crippen molar-refractivity contribution in [1.82, 2.24) is 0 Å². The summed E-state index contributed by atoms with van der Waals surface area (Å²) < 4.78 is 0. The first-order valence-electron chi connectivity index (χ1n) is 7.28. The Morgan fingerprint density at radius 2 is 0.905 bits per heavy atom. The fourth-order valence-corrected chi connectivity index (χ4v) is 2.74. The van der Waals surface area contributed by atoms with Gasteiger partial charge in [-0.05, 0) is 36.2 Å². The fourth-order valence-electron chi connectivity index (χ4n) is 2.74. The molecule has 2 rings (SSSR count). The monoisotopic (exact) mass is 326 g/mol. The molecule has 116 valence electrons. The third-order valence-corrected chi connectivity index (χ3v) is 3.94. The molecule has 0 amide bonds. The smallest absolute Gasteiger partial charge is 0.739 e. The zero-order valence-electron chi connectivity index (χ0n) is 12.4. The van der Waals surface area contributed by atoms with Gasteiger partial charge in [-0.15, -0.1) is 0 Å². The summed E-state index contributed by atoms with van der Waals surface area (Å²) >= 11 is 0. The summed E-state index contributed by atoms with van der Waals surface area (Å²) in [7, 11) is 0. The van der Waals surface area contributed by atoms with Crippen LogP contribution in [0.2, 0.25) is 0 Å². The maximum atomic E-state index is 10.6. The first kappa shape index (κ1) is 20.7. The Balaban J connectivity index is 0.000000364. The normalized spacial score (nSPS) is 21.9. The molecule has 0 N–H and O–H groups in total. The quantitative estimate of drug-likeness (QED) is 0.334. The standard InChI is InChI=1S/2C6H12N2O2.Ca/c2*9-7-8(10)6-4-2-1-3-5-6;/h2*6,9H,1-5H2;/q;;+2/p-2/b8-7+;8-7-;. The average molecular weight is 326 g/mol. The molecule has 0 aromatic carbocycles. The first-order valence-corrected chi connectivity index (χ1v) is 7.28. The van der Waals surface area contributed by atoms with Crippen LogP contribution in [0, 0.1) is 20.8 Å². The SMILES string of the molecule is [Ca+2].[O-]/N=[N+](/[O-])C1CCCCC1.[O-]/N=[N+](\[O-])C1CCCCC1. The minimum atomic E-state index is -0.133. The Morgan fingerprint density at radius 3 is 1.14 bits per heavy atom. The molecule has 0 aromatic rings. The Morgan fingerprint density at radius 1 is 0.619 bits per heavy atom. The third-order valence-electron chi connectivity index (χ3n) is 3.94. The van der Waals surface area contributed by atoms with Gasteiger partial charge in [0.2, 0.25) is 0 Å². The van der Waals surface area contributed by atoms with Gasteiger partial charge in [-0.25, -0.2) is 0 Å². The summed E-state index contributed by atoms with van der Waals surface area (Å²) in [5.74, 6) is 0. The summed E-state index contributed by atoms with van der Waals surface area (Å²) in [4.78, 5) is 0.609. The van der Waals surface area contributed by atoms with E-state index in [1.165, 1.54) is 12.8 Å². The Bertz CT molecular complexity index is 297. The van der Waals surface area contributed by atoms with Gasteiger partial charge in [0.1, 0.15) is 0 Å². The van der Waals surface area contributed by atoms with E-state index in [9.17, 15) is 20.8 Å². The van der Waals surface area contributed by atoms with E-state index in [1.807, 2.05) is 0 Å². The van der Waals surface area contributed by atoms with Gasteiger partial charge in [-0.2, -0.15) is 0 Å². The van der Waals surface area contributed by atoms with Gasteiger partial charge in [-0.3, -0.25) is 0 Å². The van der Waals surface area contributed by atoms with Gasteiger partial charge in [0.15, 0.2) is 12.1 Å². The Kier molecular flexibility index (Phi) is 12.0. The van der Waals surface area contributed by atoms with Crippen LogP contribution in [-0.2, 0) is 0 Å². The molecule has 0 saturated heterocycles. The molecule has 2 aliphatic carbocycles. The van der Waals surface area contributed by atoms with Gasteiger partial charge in [0.05, 0.1) is 0 Å². The first-order chi connectivity index (χ1) is 9.69. The maximum absolute atomic E-state index is 10.6. The topological polar surface area (TPSA) is 123 Å². The molecule has 2 saturated carbocycles. The van der Waals surface area contributed by atoms with E-state index in [1.54, 1.807) is 0 Å². The van der Waals surface area contributed by atoms with Crippen molar-refractivity contribution < 1.29 is 9.72 Å².